The minimum atomic E-state index is 0.461. The number of likely N-dealkylation sites (tertiary alicyclic amines) is 1. The number of nitrogens with zero attached hydrogens (tertiary/aromatic N) is 4. The van der Waals surface area contributed by atoms with Gasteiger partial charge in [0, 0.05) is 39.1 Å². The van der Waals surface area contributed by atoms with E-state index in [4.69, 9.17) is 0 Å². The summed E-state index contributed by atoms with van der Waals surface area (Å²) in [5.41, 5.74) is 1.47. The monoisotopic (exact) mass is 351 g/mol. The zero-order chi connectivity index (χ0) is 17.9. The maximum absolute atomic E-state index is 4.56. The van der Waals surface area contributed by atoms with Crippen LogP contribution in [0.25, 0.3) is 0 Å². The van der Waals surface area contributed by atoms with E-state index in [2.05, 4.69) is 68.2 Å². The molecule has 1 aromatic carbocycles. The first kappa shape index (κ1) is 17.1. The van der Waals surface area contributed by atoms with Crippen LogP contribution in [0.3, 0.4) is 0 Å². The predicted molar refractivity (Wildman–Crippen MR) is 105 cm³/mol. The second-order valence-electron chi connectivity index (χ2n) is 7.73. The average Bonchev–Trinajstić information content (AvgIpc) is 3.25. The fraction of sp³-hybridized carbons (Fsp3) is 0.524. The number of piperidine rings is 1. The van der Waals surface area contributed by atoms with Crippen molar-refractivity contribution in [2.24, 2.45) is 16.8 Å². The highest BCUT2D eigenvalue weighted by Crippen LogP contribution is 2.46. The molecule has 1 aliphatic carbocycles. The molecular formula is C21H29N5. The van der Waals surface area contributed by atoms with Crippen molar-refractivity contribution in [2.45, 2.75) is 31.7 Å². The molecule has 0 spiro atoms. The first-order valence-corrected chi connectivity index (χ1v) is 9.74. The van der Waals surface area contributed by atoms with Gasteiger partial charge in [0.1, 0.15) is 0 Å². The Morgan fingerprint density at radius 1 is 1.31 bits per heavy atom. The van der Waals surface area contributed by atoms with Crippen LogP contribution >= 0.6 is 0 Å². The fourth-order valence-electron chi connectivity index (χ4n) is 4.23. The average molecular weight is 351 g/mol. The summed E-state index contributed by atoms with van der Waals surface area (Å²) >= 11 is 0. The first-order valence-electron chi connectivity index (χ1n) is 9.74. The van der Waals surface area contributed by atoms with Crippen LogP contribution in [0.2, 0.25) is 0 Å². The molecule has 2 fully saturated rings. The van der Waals surface area contributed by atoms with Crippen LogP contribution in [0.1, 0.15) is 37.3 Å². The highest BCUT2D eigenvalue weighted by atomic mass is 15.3. The molecule has 4 unspecified atom stereocenters. The van der Waals surface area contributed by atoms with E-state index in [1.165, 1.54) is 18.4 Å². The number of guanidine groups is 1. The van der Waals surface area contributed by atoms with Crippen LogP contribution in [0.15, 0.2) is 54.0 Å². The van der Waals surface area contributed by atoms with Crippen LogP contribution in [0.5, 0.6) is 0 Å². The summed E-state index contributed by atoms with van der Waals surface area (Å²) in [6, 6.07) is 11.3. The van der Waals surface area contributed by atoms with Gasteiger partial charge in [-0.1, -0.05) is 37.3 Å². The summed E-state index contributed by atoms with van der Waals surface area (Å²) < 4.78 is 2.25. The topological polar surface area (TPSA) is 45.5 Å². The van der Waals surface area contributed by atoms with Gasteiger partial charge in [0.05, 0.1) is 12.4 Å². The minimum Gasteiger partial charge on any atom is -0.356 e. The van der Waals surface area contributed by atoms with Crippen molar-refractivity contribution in [3.8, 4) is 0 Å². The molecule has 138 valence electrons. The molecule has 1 aliphatic heterocycles. The molecule has 2 aliphatic rings. The molecule has 0 radical (unpaired) electrons. The molecule has 4 atom stereocenters. The lowest BCUT2D eigenvalue weighted by molar-refractivity contribution is 0.189. The van der Waals surface area contributed by atoms with Crippen molar-refractivity contribution in [3.05, 3.63) is 54.6 Å². The quantitative estimate of drug-likeness (QED) is 0.680. The van der Waals surface area contributed by atoms with Crippen LogP contribution in [-0.2, 0) is 0 Å². The van der Waals surface area contributed by atoms with Crippen molar-refractivity contribution in [3.63, 3.8) is 0 Å². The summed E-state index contributed by atoms with van der Waals surface area (Å²) in [5.74, 6) is 3.13. The Morgan fingerprint density at radius 3 is 2.88 bits per heavy atom. The SMILES string of the molecule is CN=C(NCC1CC1c1ccccc1)N1CCC(C)C(n2ccnc2)C1. The lowest BCUT2D eigenvalue weighted by Gasteiger charge is -2.39. The molecule has 4 rings (SSSR count). The minimum absolute atomic E-state index is 0.461. The number of nitrogens with one attached hydrogen (secondary N) is 1. The maximum Gasteiger partial charge on any atom is 0.193 e. The van der Waals surface area contributed by atoms with E-state index in [-0.39, 0.29) is 0 Å². The van der Waals surface area contributed by atoms with E-state index in [0.29, 0.717) is 17.9 Å². The van der Waals surface area contributed by atoms with Gasteiger partial charge >= 0.3 is 0 Å². The predicted octanol–water partition coefficient (Wildman–Crippen LogP) is 3.15. The Kier molecular flexibility index (Phi) is 4.96. The molecule has 2 heterocycles. The van der Waals surface area contributed by atoms with Gasteiger partial charge in [-0.15, -0.1) is 0 Å². The second kappa shape index (κ2) is 7.52. The summed E-state index contributed by atoms with van der Waals surface area (Å²) in [5, 5.41) is 3.63. The third kappa shape index (κ3) is 3.62. The number of aliphatic imine (C=N–C) groups is 1. The van der Waals surface area contributed by atoms with Gasteiger partial charge in [0.15, 0.2) is 5.96 Å². The van der Waals surface area contributed by atoms with E-state index < -0.39 is 0 Å². The molecule has 1 saturated heterocycles. The third-order valence-corrected chi connectivity index (χ3v) is 6.01. The molecule has 1 aromatic heterocycles. The van der Waals surface area contributed by atoms with Crippen LogP contribution in [-0.4, -0.2) is 47.1 Å². The summed E-state index contributed by atoms with van der Waals surface area (Å²) in [6.07, 6.45) is 8.35. The molecule has 0 amide bonds. The number of hydrogen-bond acceptors (Lipinski definition) is 2. The van der Waals surface area contributed by atoms with Gasteiger partial charge in [-0.05, 0) is 36.2 Å². The molecule has 1 saturated carbocycles. The maximum atomic E-state index is 4.56. The van der Waals surface area contributed by atoms with Crippen molar-refractivity contribution < 1.29 is 0 Å². The van der Waals surface area contributed by atoms with E-state index in [1.807, 2.05) is 19.6 Å². The van der Waals surface area contributed by atoms with Crippen molar-refractivity contribution in [1.29, 1.82) is 0 Å². The Labute approximate surface area is 156 Å². The molecular weight excluding hydrogens is 322 g/mol. The third-order valence-electron chi connectivity index (χ3n) is 6.01. The molecule has 5 heteroatoms. The van der Waals surface area contributed by atoms with Gasteiger partial charge in [-0.2, -0.15) is 0 Å². The van der Waals surface area contributed by atoms with E-state index in [1.54, 1.807) is 0 Å². The van der Waals surface area contributed by atoms with Crippen molar-refractivity contribution in [2.75, 3.05) is 26.7 Å². The van der Waals surface area contributed by atoms with E-state index in [0.717, 1.165) is 31.5 Å². The van der Waals surface area contributed by atoms with Gasteiger partial charge in [0.2, 0.25) is 0 Å². The number of imidazole rings is 1. The Morgan fingerprint density at radius 2 is 2.15 bits per heavy atom. The Bertz CT molecular complexity index is 724. The van der Waals surface area contributed by atoms with E-state index in [9.17, 15) is 0 Å². The lowest BCUT2D eigenvalue weighted by atomic mass is 9.93. The smallest absolute Gasteiger partial charge is 0.193 e. The highest BCUT2D eigenvalue weighted by Gasteiger charge is 2.38. The van der Waals surface area contributed by atoms with Crippen molar-refractivity contribution in [1.82, 2.24) is 19.8 Å². The van der Waals surface area contributed by atoms with Gasteiger partial charge in [0.25, 0.3) is 0 Å². The van der Waals surface area contributed by atoms with Gasteiger partial charge < -0.3 is 14.8 Å². The Balaban J connectivity index is 1.33. The second-order valence-corrected chi connectivity index (χ2v) is 7.73. The summed E-state index contributed by atoms with van der Waals surface area (Å²) in [4.78, 5) is 11.2. The molecule has 26 heavy (non-hydrogen) atoms. The number of rotatable bonds is 4. The molecule has 0 bridgehead atoms. The van der Waals surface area contributed by atoms with Crippen LogP contribution < -0.4 is 5.32 Å². The first-order chi connectivity index (χ1) is 12.8. The van der Waals surface area contributed by atoms with Crippen molar-refractivity contribution >= 4 is 5.96 Å². The van der Waals surface area contributed by atoms with Gasteiger partial charge in [-0.3, -0.25) is 4.99 Å². The Hall–Kier alpha value is -2.30. The largest absolute Gasteiger partial charge is 0.356 e. The zero-order valence-corrected chi connectivity index (χ0v) is 15.8. The van der Waals surface area contributed by atoms with Crippen LogP contribution in [0.4, 0.5) is 0 Å². The number of hydrogen-bond donors (Lipinski definition) is 1. The molecule has 1 N–H and O–H groups in total. The molecule has 2 aromatic rings. The lowest BCUT2D eigenvalue weighted by Crippen LogP contribution is -2.49. The molecule has 5 nitrogen and oxygen atoms in total. The fourth-order valence-corrected chi connectivity index (χ4v) is 4.23. The van der Waals surface area contributed by atoms with Gasteiger partial charge in [-0.25, -0.2) is 4.98 Å². The number of benzene rings is 1. The summed E-state index contributed by atoms with van der Waals surface area (Å²) in [7, 11) is 1.90. The van der Waals surface area contributed by atoms with E-state index >= 15 is 0 Å². The standard InChI is InChI=1S/C21H29N5/c1-16-8-10-25(14-20(16)26-11-9-23-15-26)21(22-2)24-13-18-12-19(18)17-6-4-3-5-7-17/h3-7,9,11,15-16,18-20H,8,10,12-14H2,1-2H3,(H,22,24). The van der Waals surface area contributed by atoms with Crippen LogP contribution in [0, 0.1) is 11.8 Å². The number of aromatic nitrogens is 2. The summed E-state index contributed by atoms with van der Waals surface area (Å²) in [6.45, 7) is 5.41. The highest BCUT2D eigenvalue weighted by molar-refractivity contribution is 5.80. The zero-order valence-electron chi connectivity index (χ0n) is 15.8. The normalized spacial score (nSPS) is 28.8.